The first-order valence-corrected chi connectivity index (χ1v) is 3.48. The van der Waals surface area contributed by atoms with Gasteiger partial charge in [-0.05, 0) is 13.3 Å². The third-order valence-electron chi connectivity index (χ3n) is 1.22. The van der Waals surface area contributed by atoms with Gasteiger partial charge in [-0.1, -0.05) is 0 Å². The minimum absolute atomic E-state index is 0.104. The lowest BCUT2D eigenvalue weighted by Crippen LogP contribution is -2.33. The number of alkyl halides is 2. The number of nitrogens with one attached hydrogen (secondary N) is 1. The van der Waals surface area contributed by atoms with Gasteiger partial charge in [0.1, 0.15) is 6.61 Å². The van der Waals surface area contributed by atoms with Crippen molar-refractivity contribution in [3.8, 4) is 0 Å². The van der Waals surface area contributed by atoms with Gasteiger partial charge in [0.25, 0.3) is 6.43 Å². The van der Waals surface area contributed by atoms with Gasteiger partial charge in [-0.2, -0.15) is 0 Å². The number of hydrogen-bond donors (Lipinski definition) is 2. The Bertz CT molecular complexity index is 92.7. The lowest BCUT2D eigenvalue weighted by Gasteiger charge is -2.09. The Labute approximate surface area is 64.9 Å². The summed E-state index contributed by atoms with van der Waals surface area (Å²) in [7, 11) is 0. The van der Waals surface area contributed by atoms with Gasteiger partial charge in [-0.25, -0.2) is 8.78 Å². The molecule has 0 saturated carbocycles. The summed E-state index contributed by atoms with van der Waals surface area (Å²) >= 11 is 0. The minimum Gasteiger partial charge on any atom is -0.375 e. The van der Waals surface area contributed by atoms with Crippen LogP contribution in [0.4, 0.5) is 8.78 Å². The van der Waals surface area contributed by atoms with E-state index in [0.29, 0.717) is 13.0 Å². The van der Waals surface area contributed by atoms with Gasteiger partial charge in [-0.15, -0.1) is 0 Å². The summed E-state index contributed by atoms with van der Waals surface area (Å²) in [6, 6.07) is 0.104. The summed E-state index contributed by atoms with van der Waals surface area (Å²) in [6.45, 7) is 1.68. The summed E-state index contributed by atoms with van der Waals surface area (Å²) in [5, 5.41) is 0. The molecule has 0 heterocycles. The van der Waals surface area contributed by atoms with E-state index in [0.717, 1.165) is 0 Å². The first kappa shape index (κ1) is 10.7. The molecule has 0 aliphatic carbocycles. The molecule has 0 fully saturated rings. The predicted octanol–water partition coefficient (Wildman–Crippen LogP) is 0.510. The van der Waals surface area contributed by atoms with Gasteiger partial charge in [0.2, 0.25) is 0 Å². The van der Waals surface area contributed by atoms with E-state index in [-0.39, 0.29) is 6.04 Å². The van der Waals surface area contributed by atoms with Crippen LogP contribution in [0.15, 0.2) is 0 Å². The highest BCUT2D eigenvalue weighted by Crippen LogP contribution is 1.95. The molecule has 0 radical (unpaired) electrons. The summed E-state index contributed by atoms with van der Waals surface area (Å²) in [5.74, 6) is 5.06. The molecule has 0 aromatic rings. The van der Waals surface area contributed by atoms with Crippen LogP contribution < -0.4 is 11.3 Å². The molecule has 1 unspecified atom stereocenters. The topological polar surface area (TPSA) is 47.3 Å². The number of ether oxygens (including phenoxy) is 1. The van der Waals surface area contributed by atoms with Crippen molar-refractivity contribution >= 4 is 0 Å². The average molecular weight is 168 g/mol. The molecular formula is C6H14F2N2O. The molecule has 0 amide bonds. The van der Waals surface area contributed by atoms with E-state index in [1.54, 1.807) is 0 Å². The second-order valence-electron chi connectivity index (χ2n) is 2.32. The first-order valence-electron chi connectivity index (χ1n) is 3.48. The van der Waals surface area contributed by atoms with Crippen molar-refractivity contribution in [3.05, 3.63) is 0 Å². The van der Waals surface area contributed by atoms with Crippen LogP contribution in [0, 0.1) is 0 Å². The van der Waals surface area contributed by atoms with E-state index in [4.69, 9.17) is 5.84 Å². The largest absolute Gasteiger partial charge is 0.375 e. The SMILES string of the molecule is CC(CCOCC(F)F)NN. The third-order valence-corrected chi connectivity index (χ3v) is 1.22. The Kier molecular flexibility index (Phi) is 6.30. The van der Waals surface area contributed by atoms with Crippen LogP contribution in [0.25, 0.3) is 0 Å². The second kappa shape index (κ2) is 6.45. The van der Waals surface area contributed by atoms with E-state index in [1.807, 2.05) is 6.92 Å². The summed E-state index contributed by atoms with van der Waals surface area (Å²) in [4.78, 5) is 0. The van der Waals surface area contributed by atoms with Crippen LogP contribution in [-0.2, 0) is 4.74 Å². The van der Waals surface area contributed by atoms with Crippen molar-refractivity contribution in [2.24, 2.45) is 5.84 Å². The van der Waals surface area contributed by atoms with E-state index >= 15 is 0 Å². The molecule has 68 valence electrons. The van der Waals surface area contributed by atoms with Gasteiger partial charge in [0, 0.05) is 12.6 Å². The number of nitrogens with two attached hydrogens (primary N) is 1. The van der Waals surface area contributed by atoms with Gasteiger partial charge in [-0.3, -0.25) is 11.3 Å². The molecule has 0 rings (SSSR count). The fourth-order valence-electron chi connectivity index (χ4n) is 0.516. The van der Waals surface area contributed by atoms with Crippen molar-refractivity contribution in [3.63, 3.8) is 0 Å². The average Bonchev–Trinajstić information content (AvgIpc) is 1.97. The van der Waals surface area contributed by atoms with Crippen molar-refractivity contribution in [1.82, 2.24) is 5.43 Å². The van der Waals surface area contributed by atoms with E-state index in [1.165, 1.54) is 0 Å². The van der Waals surface area contributed by atoms with Gasteiger partial charge in [0.05, 0.1) is 0 Å². The maximum atomic E-state index is 11.5. The lowest BCUT2D eigenvalue weighted by molar-refractivity contribution is 0.0148. The Hall–Kier alpha value is -0.260. The molecule has 3 nitrogen and oxygen atoms in total. The molecule has 11 heavy (non-hydrogen) atoms. The highest BCUT2D eigenvalue weighted by Gasteiger charge is 2.02. The van der Waals surface area contributed by atoms with Crippen LogP contribution in [0.2, 0.25) is 0 Å². The van der Waals surface area contributed by atoms with Gasteiger partial charge in [0.15, 0.2) is 0 Å². The number of hydrazine groups is 1. The Morgan fingerprint density at radius 3 is 2.64 bits per heavy atom. The zero-order valence-electron chi connectivity index (χ0n) is 6.52. The standard InChI is InChI=1S/C6H14F2N2O/c1-5(10-9)2-3-11-4-6(7)8/h5-6,10H,2-4,9H2,1H3. The van der Waals surface area contributed by atoms with E-state index in [9.17, 15) is 8.78 Å². The Morgan fingerprint density at radius 1 is 1.55 bits per heavy atom. The third kappa shape index (κ3) is 7.64. The van der Waals surface area contributed by atoms with Crippen LogP contribution >= 0.6 is 0 Å². The monoisotopic (exact) mass is 168 g/mol. The highest BCUT2D eigenvalue weighted by atomic mass is 19.3. The van der Waals surface area contributed by atoms with Crippen LogP contribution in [0.1, 0.15) is 13.3 Å². The Balaban J connectivity index is 3.01. The number of halogens is 2. The quantitative estimate of drug-likeness (QED) is 0.345. The van der Waals surface area contributed by atoms with E-state index < -0.39 is 13.0 Å². The molecule has 1 atom stereocenters. The fourth-order valence-corrected chi connectivity index (χ4v) is 0.516. The molecule has 0 spiro atoms. The first-order chi connectivity index (χ1) is 5.16. The zero-order chi connectivity index (χ0) is 8.69. The molecule has 0 aliphatic heterocycles. The van der Waals surface area contributed by atoms with Crippen LogP contribution in [-0.4, -0.2) is 25.7 Å². The summed E-state index contributed by atoms with van der Waals surface area (Å²) in [6.07, 6.45) is -1.74. The molecule has 0 bridgehead atoms. The van der Waals surface area contributed by atoms with Crippen molar-refractivity contribution < 1.29 is 13.5 Å². The number of hydrogen-bond acceptors (Lipinski definition) is 3. The molecule has 0 aromatic heterocycles. The number of rotatable bonds is 6. The lowest BCUT2D eigenvalue weighted by atomic mass is 10.3. The molecule has 0 saturated heterocycles. The van der Waals surface area contributed by atoms with Gasteiger partial charge >= 0.3 is 0 Å². The predicted molar refractivity (Wildman–Crippen MR) is 38.2 cm³/mol. The smallest absolute Gasteiger partial charge is 0.261 e. The van der Waals surface area contributed by atoms with Crippen LogP contribution in [0.5, 0.6) is 0 Å². The molecule has 3 N–H and O–H groups in total. The van der Waals surface area contributed by atoms with Crippen LogP contribution in [0.3, 0.4) is 0 Å². The molecule has 0 aliphatic rings. The van der Waals surface area contributed by atoms with Gasteiger partial charge < -0.3 is 4.74 Å². The minimum atomic E-state index is -2.38. The van der Waals surface area contributed by atoms with Crippen molar-refractivity contribution in [2.45, 2.75) is 25.8 Å². The van der Waals surface area contributed by atoms with Crippen molar-refractivity contribution in [2.75, 3.05) is 13.2 Å². The molecule has 5 heteroatoms. The second-order valence-corrected chi connectivity index (χ2v) is 2.32. The van der Waals surface area contributed by atoms with Crippen molar-refractivity contribution in [1.29, 1.82) is 0 Å². The maximum absolute atomic E-state index is 11.5. The maximum Gasteiger partial charge on any atom is 0.261 e. The summed E-state index contributed by atoms with van der Waals surface area (Å²) in [5.41, 5.74) is 2.49. The molecular weight excluding hydrogens is 154 g/mol. The van der Waals surface area contributed by atoms with E-state index in [2.05, 4.69) is 10.2 Å². The Morgan fingerprint density at radius 2 is 2.18 bits per heavy atom. The fraction of sp³-hybridized carbons (Fsp3) is 1.00. The highest BCUT2D eigenvalue weighted by molar-refractivity contribution is 4.53. The molecule has 0 aromatic carbocycles. The zero-order valence-corrected chi connectivity index (χ0v) is 6.52. The summed E-state index contributed by atoms with van der Waals surface area (Å²) < 4.78 is 27.6. The normalized spacial score (nSPS) is 13.9.